The first-order valence-electron chi connectivity index (χ1n) is 2.98. The van der Waals surface area contributed by atoms with E-state index in [4.69, 9.17) is 5.26 Å². The molecule has 1 N–H and O–H groups in total. The fourth-order valence-corrected chi connectivity index (χ4v) is 1.37. The Labute approximate surface area is 48.5 Å². The second-order valence-corrected chi connectivity index (χ2v) is 2.85. The van der Waals surface area contributed by atoms with Crippen LogP contribution in [0.1, 0.15) is 6.42 Å². The minimum absolute atomic E-state index is 0.392. The van der Waals surface area contributed by atoms with Crippen molar-refractivity contribution in [1.82, 2.24) is 5.32 Å². The van der Waals surface area contributed by atoms with E-state index in [0.29, 0.717) is 11.3 Å². The van der Waals surface area contributed by atoms with Gasteiger partial charge in [0, 0.05) is 18.5 Å². The number of nitriles is 1. The summed E-state index contributed by atoms with van der Waals surface area (Å²) in [6, 6.07) is 2.29. The molecule has 2 heteroatoms. The molecule has 0 bridgehead atoms. The van der Waals surface area contributed by atoms with Gasteiger partial charge in [0.25, 0.3) is 0 Å². The van der Waals surface area contributed by atoms with Crippen LogP contribution < -0.4 is 5.32 Å². The van der Waals surface area contributed by atoms with Gasteiger partial charge in [-0.05, 0) is 6.42 Å². The first-order chi connectivity index (χ1) is 3.87. The van der Waals surface area contributed by atoms with Gasteiger partial charge in [0.1, 0.15) is 0 Å². The van der Waals surface area contributed by atoms with Crippen LogP contribution in [0.15, 0.2) is 0 Å². The maximum atomic E-state index is 8.43. The molecule has 0 aromatic heterocycles. The molecule has 42 valence electrons. The molecule has 1 saturated carbocycles. The van der Waals surface area contributed by atoms with Gasteiger partial charge in [-0.25, -0.2) is 0 Å². The Morgan fingerprint density at radius 2 is 2.38 bits per heavy atom. The molecular weight excluding hydrogens is 100 g/mol. The highest BCUT2D eigenvalue weighted by atomic mass is 15.0. The number of rotatable bonds is 0. The van der Waals surface area contributed by atoms with Gasteiger partial charge >= 0.3 is 0 Å². The predicted octanol–water partition coefficient (Wildman–Crippen LogP) is 0.119. The van der Waals surface area contributed by atoms with Crippen LogP contribution >= 0.6 is 0 Å². The van der Waals surface area contributed by atoms with Crippen LogP contribution in [0.5, 0.6) is 0 Å². The molecule has 1 unspecified atom stereocenters. The zero-order chi connectivity index (χ0) is 5.61. The van der Waals surface area contributed by atoms with Crippen LogP contribution in [0.3, 0.4) is 0 Å². The lowest BCUT2D eigenvalue weighted by molar-refractivity contribution is 0.308. The summed E-state index contributed by atoms with van der Waals surface area (Å²) in [6.45, 7) is 2.18. The Kier molecular flexibility index (Phi) is 0.575. The maximum absolute atomic E-state index is 8.43. The number of nitrogens with one attached hydrogen (secondary N) is 1. The van der Waals surface area contributed by atoms with Crippen LogP contribution in [0, 0.1) is 22.7 Å². The standard InChI is InChI=1S/C6H8N2/c7-2-5-1-6(5)3-8-4-6/h5,8H,1,3-4H2. The molecule has 1 spiro atoms. The van der Waals surface area contributed by atoms with Gasteiger partial charge in [0.15, 0.2) is 0 Å². The lowest BCUT2D eigenvalue weighted by atomic mass is 9.97. The molecular formula is C6H8N2. The second kappa shape index (κ2) is 1.06. The zero-order valence-electron chi connectivity index (χ0n) is 4.65. The van der Waals surface area contributed by atoms with E-state index in [1.54, 1.807) is 0 Å². The Balaban J connectivity index is 2.05. The highest BCUT2D eigenvalue weighted by molar-refractivity contribution is 5.18. The van der Waals surface area contributed by atoms with Gasteiger partial charge in [-0.2, -0.15) is 5.26 Å². The van der Waals surface area contributed by atoms with Crippen molar-refractivity contribution in [1.29, 1.82) is 5.26 Å². The highest BCUT2D eigenvalue weighted by Gasteiger charge is 2.58. The lowest BCUT2D eigenvalue weighted by Crippen LogP contribution is -2.45. The molecule has 8 heavy (non-hydrogen) atoms. The highest BCUT2D eigenvalue weighted by Crippen LogP contribution is 2.54. The molecule has 1 aliphatic carbocycles. The topological polar surface area (TPSA) is 35.8 Å². The first kappa shape index (κ1) is 4.34. The molecule has 1 saturated heterocycles. The zero-order valence-corrected chi connectivity index (χ0v) is 4.65. The van der Waals surface area contributed by atoms with Gasteiger partial charge < -0.3 is 5.32 Å². The van der Waals surface area contributed by atoms with Gasteiger partial charge in [0.2, 0.25) is 0 Å². The van der Waals surface area contributed by atoms with Crippen molar-refractivity contribution in [3.8, 4) is 6.07 Å². The smallest absolute Gasteiger partial charge is 0.0662 e. The summed E-state index contributed by atoms with van der Waals surface area (Å²) in [5.74, 6) is 0.392. The van der Waals surface area contributed by atoms with Gasteiger partial charge in [0.05, 0.1) is 12.0 Å². The van der Waals surface area contributed by atoms with Crippen molar-refractivity contribution >= 4 is 0 Å². The summed E-state index contributed by atoms with van der Waals surface area (Å²) in [5.41, 5.74) is 0.467. The predicted molar refractivity (Wildman–Crippen MR) is 29.0 cm³/mol. The van der Waals surface area contributed by atoms with Crippen LogP contribution in [0.2, 0.25) is 0 Å². The van der Waals surface area contributed by atoms with E-state index in [-0.39, 0.29) is 0 Å². The van der Waals surface area contributed by atoms with Gasteiger partial charge in [-0.1, -0.05) is 0 Å². The molecule has 0 radical (unpaired) electrons. The average Bonchev–Trinajstić information content (AvgIpc) is 2.36. The van der Waals surface area contributed by atoms with E-state index >= 15 is 0 Å². The summed E-state index contributed by atoms with van der Waals surface area (Å²) in [7, 11) is 0. The fourth-order valence-electron chi connectivity index (χ4n) is 1.37. The number of nitrogens with zero attached hydrogens (tertiary/aromatic N) is 1. The second-order valence-electron chi connectivity index (χ2n) is 2.85. The first-order valence-corrected chi connectivity index (χ1v) is 2.98. The van der Waals surface area contributed by atoms with Crippen molar-refractivity contribution in [2.45, 2.75) is 6.42 Å². The van der Waals surface area contributed by atoms with Crippen LogP contribution in [-0.2, 0) is 0 Å². The summed E-state index contributed by atoms with van der Waals surface area (Å²) < 4.78 is 0. The summed E-state index contributed by atoms with van der Waals surface area (Å²) in [5, 5.41) is 11.6. The Bertz CT molecular complexity index is 152. The Hall–Kier alpha value is -0.550. The van der Waals surface area contributed by atoms with Gasteiger partial charge in [-0.3, -0.25) is 0 Å². The van der Waals surface area contributed by atoms with Crippen LogP contribution in [0.25, 0.3) is 0 Å². The van der Waals surface area contributed by atoms with Crippen molar-refractivity contribution < 1.29 is 0 Å². The van der Waals surface area contributed by atoms with Crippen molar-refractivity contribution in [2.24, 2.45) is 11.3 Å². The summed E-state index contributed by atoms with van der Waals surface area (Å²) >= 11 is 0. The third-order valence-corrected chi connectivity index (χ3v) is 2.30. The maximum Gasteiger partial charge on any atom is 0.0662 e. The monoisotopic (exact) mass is 108 g/mol. The normalized spacial score (nSPS) is 38.1. The Morgan fingerprint density at radius 3 is 2.50 bits per heavy atom. The SMILES string of the molecule is N#CC1CC12CNC2. The van der Waals surface area contributed by atoms with Crippen molar-refractivity contribution in [2.75, 3.05) is 13.1 Å². The minimum Gasteiger partial charge on any atom is -0.315 e. The molecule has 0 amide bonds. The molecule has 2 fully saturated rings. The number of hydrogen-bond acceptors (Lipinski definition) is 2. The molecule has 1 heterocycles. The molecule has 0 aromatic carbocycles. The molecule has 0 aromatic rings. The minimum atomic E-state index is 0.392. The van der Waals surface area contributed by atoms with E-state index in [1.165, 1.54) is 0 Å². The molecule has 2 nitrogen and oxygen atoms in total. The van der Waals surface area contributed by atoms with Crippen molar-refractivity contribution in [3.63, 3.8) is 0 Å². The van der Waals surface area contributed by atoms with E-state index < -0.39 is 0 Å². The quantitative estimate of drug-likeness (QED) is 0.478. The van der Waals surface area contributed by atoms with Crippen LogP contribution in [0.4, 0.5) is 0 Å². The third-order valence-electron chi connectivity index (χ3n) is 2.30. The van der Waals surface area contributed by atoms with E-state index in [9.17, 15) is 0 Å². The Morgan fingerprint density at radius 1 is 1.62 bits per heavy atom. The number of hydrogen-bond donors (Lipinski definition) is 1. The van der Waals surface area contributed by atoms with E-state index in [0.717, 1.165) is 19.5 Å². The third kappa shape index (κ3) is 0.317. The van der Waals surface area contributed by atoms with Crippen molar-refractivity contribution in [3.05, 3.63) is 0 Å². The fraction of sp³-hybridized carbons (Fsp3) is 0.833. The molecule has 2 rings (SSSR count). The van der Waals surface area contributed by atoms with Crippen LogP contribution in [-0.4, -0.2) is 13.1 Å². The summed E-state index contributed by atoms with van der Waals surface area (Å²) in [6.07, 6.45) is 1.15. The average molecular weight is 108 g/mol. The van der Waals surface area contributed by atoms with E-state index in [2.05, 4.69) is 11.4 Å². The van der Waals surface area contributed by atoms with Gasteiger partial charge in [-0.15, -0.1) is 0 Å². The van der Waals surface area contributed by atoms with E-state index in [1.807, 2.05) is 0 Å². The largest absolute Gasteiger partial charge is 0.315 e. The molecule has 1 atom stereocenters. The molecule has 2 aliphatic rings. The lowest BCUT2D eigenvalue weighted by Gasteiger charge is -2.26. The summed E-state index contributed by atoms with van der Waals surface area (Å²) in [4.78, 5) is 0. The molecule has 1 aliphatic heterocycles.